The van der Waals surface area contributed by atoms with Crippen molar-refractivity contribution in [2.45, 2.75) is 5.79 Å². The maximum absolute atomic E-state index is 5.31. The van der Waals surface area contributed by atoms with E-state index in [9.17, 15) is 0 Å². The third-order valence-corrected chi connectivity index (χ3v) is 3.98. The standard InChI is InChI=1S/C17H11N5O2/c1-2-7-19-15(3-1)17(23-24-17)13-11-21-22-14(6-10-20-16(13)22)12-4-8-18-9-5-12/h1-11H. The Kier molecular flexibility index (Phi) is 2.72. The van der Waals surface area contributed by atoms with Gasteiger partial charge in [-0.05, 0) is 30.3 Å². The van der Waals surface area contributed by atoms with Crippen molar-refractivity contribution >= 4 is 5.65 Å². The monoisotopic (exact) mass is 317 g/mol. The lowest BCUT2D eigenvalue weighted by Crippen LogP contribution is -2.12. The molecule has 0 saturated carbocycles. The fourth-order valence-electron chi connectivity index (χ4n) is 2.78. The summed E-state index contributed by atoms with van der Waals surface area (Å²) in [5.41, 5.74) is 3.95. The van der Waals surface area contributed by atoms with Gasteiger partial charge in [-0.2, -0.15) is 14.9 Å². The Morgan fingerprint density at radius 2 is 1.75 bits per heavy atom. The van der Waals surface area contributed by atoms with E-state index in [4.69, 9.17) is 9.78 Å². The molecule has 0 N–H and O–H groups in total. The van der Waals surface area contributed by atoms with Crippen LogP contribution in [0.1, 0.15) is 11.3 Å². The molecule has 0 unspecified atom stereocenters. The number of nitrogens with zero attached hydrogens (tertiary/aromatic N) is 5. The maximum atomic E-state index is 5.31. The summed E-state index contributed by atoms with van der Waals surface area (Å²) >= 11 is 0. The number of fused-ring (bicyclic) bond motifs is 1. The van der Waals surface area contributed by atoms with Crippen LogP contribution in [0.15, 0.2) is 67.4 Å². The molecule has 4 aromatic rings. The molecule has 116 valence electrons. The highest BCUT2D eigenvalue weighted by atomic mass is 17.4. The molecule has 0 spiro atoms. The van der Waals surface area contributed by atoms with E-state index in [-0.39, 0.29) is 0 Å². The van der Waals surface area contributed by atoms with Gasteiger partial charge in [0.05, 0.1) is 17.5 Å². The summed E-state index contributed by atoms with van der Waals surface area (Å²) in [6.45, 7) is 0. The van der Waals surface area contributed by atoms with Gasteiger partial charge >= 0.3 is 5.79 Å². The molecule has 1 saturated heterocycles. The lowest BCUT2D eigenvalue weighted by molar-refractivity contribution is 0.0850. The first kappa shape index (κ1) is 13.3. The number of aromatic nitrogens is 5. The molecule has 0 radical (unpaired) electrons. The molecule has 5 rings (SSSR count). The molecule has 5 heterocycles. The van der Waals surface area contributed by atoms with Crippen molar-refractivity contribution in [3.8, 4) is 11.3 Å². The number of pyridine rings is 2. The molecular formula is C17H11N5O2. The molecule has 0 amide bonds. The summed E-state index contributed by atoms with van der Waals surface area (Å²) in [5, 5.41) is 4.47. The van der Waals surface area contributed by atoms with Crippen LogP contribution >= 0.6 is 0 Å². The minimum absolute atomic E-state index is 0.660. The zero-order valence-corrected chi connectivity index (χ0v) is 12.4. The highest BCUT2D eigenvalue weighted by Gasteiger charge is 2.56. The summed E-state index contributed by atoms with van der Waals surface area (Å²) in [6, 6.07) is 11.3. The van der Waals surface area contributed by atoms with Gasteiger partial charge < -0.3 is 0 Å². The molecule has 24 heavy (non-hydrogen) atoms. The van der Waals surface area contributed by atoms with Crippen molar-refractivity contribution in [3.63, 3.8) is 0 Å². The first-order valence-electron chi connectivity index (χ1n) is 7.40. The second-order valence-electron chi connectivity index (χ2n) is 5.36. The average Bonchev–Trinajstić information content (AvgIpc) is 3.35. The van der Waals surface area contributed by atoms with Gasteiger partial charge in [-0.15, -0.1) is 0 Å². The van der Waals surface area contributed by atoms with Crippen LogP contribution in [0, 0.1) is 0 Å². The van der Waals surface area contributed by atoms with E-state index < -0.39 is 5.79 Å². The van der Waals surface area contributed by atoms with Crippen LogP contribution < -0.4 is 0 Å². The van der Waals surface area contributed by atoms with Crippen molar-refractivity contribution in [1.82, 2.24) is 24.6 Å². The van der Waals surface area contributed by atoms with Crippen LogP contribution in [0.5, 0.6) is 0 Å². The Hall–Kier alpha value is -3.16. The summed E-state index contributed by atoms with van der Waals surface area (Å²) in [5.74, 6) is -1.03. The molecule has 1 fully saturated rings. The highest BCUT2D eigenvalue weighted by molar-refractivity contribution is 5.64. The van der Waals surface area contributed by atoms with Gasteiger partial charge in [0, 0.05) is 30.4 Å². The Labute approximate surface area is 136 Å². The predicted molar refractivity (Wildman–Crippen MR) is 83.4 cm³/mol. The van der Waals surface area contributed by atoms with Crippen LogP contribution in [0.2, 0.25) is 0 Å². The molecule has 0 bridgehead atoms. The average molecular weight is 317 g/mol. The smallest absolute Gasteiger partial charge is 0.265 e. The Morgan fingerprint density at radius 3 is 2.50 bits per heavy atom. The van der Waals surface area contributed by atoms with E-state index in [0.29, 0.717) is 11.3 Å². The molecule has 1 aliphatic rings. The minimum Gasteiger partial charge on any atom is -0.265 e. The van der Waals surface area contributed by atoms with Crippen LogP contribution in [0.4, 0.5) is 0 Å². The molecule has 0 aromatic carbocycles. The Morgan fingerprint density at radius 1 is 0.875 bits per heavy atom. The van der Waals surface area contributed by atoms with Crippen molar-refractivity contribution in [2.75, 3.05) is 0 Å². The van der Waals surface area contributed by atoms with E-state index in [1.807, 2.05) is 36.4 Å². The summed E-state index contributed by atoms with van der Waals surface area (Å²) in [6.07, 6.45) is 8.63. The summed E-state index contributed by atoms with van der Waals surface area (Å²) in [4.78, 5) is 23.5. The van der Waals surface area contributed by atoms with Gasteiger partial charge in [-0.25, -0.2) is 9.50 Å². The molecular weight excluding hydrogens is 306 g/mol. The topological polar surface area (TPSA) is 81.0 Å². The van der Waals surface area contributed by atoms with Crippen LogP contribution in [-0.2, 0) is 15.6 Å². The second-order valence-corrected chi connectivity index (χ2v) is 5.36. The third-order valence-electron chi connectivity index (χ3n) is 3.98. The van der Waals surface area contributed by atoms with Crippen LogP contribution in [0.25, 0.3) is 16.9 Å². The van der Waals surface area contributed by atoms with Crippen molar-refractivity contribution in [2.24, 2.45) is 0 Å². The van der Waals surface area contributed by atoms with Gasteiger partial charge in [0.1, 0.15) is 5.69 Å². The molecule has 7 nitrogen and oxygen atoms in total. The van der Waals surface area contributed by atoms with Gasteiger partial charge in [0.2, 0.25) is 0 Å². The number of rotatable bonds is 3. The fraction of sp³-hybridized carbons (Fsp3) is 0.0588. The predicted octanol–water partition coefficient (Wildman–Crippen LogP) is 2.35. The van der Waals surface area contributed by atoms with E-state index in [1.54, 1.807) is 35.5 Å². The molecule has 0 atom stereocenters. The third kappa shape index (κ3) is 1.86. The highest BCUT2D eigenvalue weighted by Crippen LogP contribution is 2.47. The van der Waals surface area contributed by atoms with Crippen LogP contribution in [-0.4, -0.2) is 24.6 Å². The van der Waals surface area contributed by atoms with E-state index in [0.717, 1.165) is 16.8 Å². The quantitative estimate of drug-likeness (QED) is 0.426. The normalized spacial score (nSPS) is 15.5. The first-order chi connectivity index (χ1) is 11.9. The van der Waals surface area contributed by atoms with Gasteiger partial charge in [-0.3, -0.25) is 9.97 Å². The van der Waals surface area contributed by atoms with Gasteiger partial charge in [0.15, 0.2) is 5.65 Å². The van der Waals surface area contributed by atoms with Gasteiger partial charge in [-0.1, -0.05) is 6.07 Å². The second kappa shape index (κ2) is 4.92. The summed E-state index contributed by atoms with van der Waals surface area (Å²) < 4.78 is 1.76. The van der Waals surface area contributed by atoms with E-state index in [1.165, 1.54) is 0 Å². The minimum atomic E-state index is -1.03. The van der Waals surface area contributed by atoms with E-state index in [2.05, 4.69) is 20.1 Å². The largest absolute Gasteiger partial charge is 0.306 e. The zero-order chi connectivity index (χ0) is 16.0. The van der Waals surface area contributed by atoms with Crippen molar-refractivity contribution < 1.29 is 9.78 Å². The number of hydrogen-bond acceptors (Lipinski definition) is 6. The molecule has 7 heteroatoms. The summed E-state index contributed by atoms with van der Waals surface area (Å²) in [7, 11) is 0. The SMILES string of the molecule is c1ccc(C2(c3cnn4c(-c5ccncc5)ccnc34)OO2)nc1. The molecule has 4 aromatic heterocycles. The van der Waals surface area contributed by atoms with Crippen molar-refractivity contribution in [1.29, 1.82) is 0 Å². The zero-order valence-electron chi connectivity index (χ0n) is 12.4. The Balaban J connectivity index is 1.70. The number of hydrogen-bond donors (Lipinski definition) is 0. The molecule has 0 aliphatic carbocycles. The maximum Gasteiger partial charge on any atom is 0.306 e. The lowest BCUT2D eigenvalue weighted by atomic mass is 10.1. The fourth-order valence-corrected chi connectivity index (χ4v) is 2.78. The molecule has 1 aliphatic heterocycles. The van der Waals surface area contributed by atoms with Crippen molar-refractivity contribution in [3.05, 3.63) is 78.6 Å². The van der Waals surface area contributed by atoms with Gasteiger partial charge in [0.25, 0.3) is 0 Å². The van der Waals surface area contributed by atoms with Crippen LogP contribution in [0.3, 0.4) is 0 Å². The lowest BCUT2D eigenvalue weighted by Gasteiger charge is -2.06. The van der Waals surface area contributed by atoms with E-state index >= 15 is 0 Å². The Bertz CT molecular complexity index is 1010. The first-order valence-corrected chi connectivity index (χ1v) is 7.40.